The van der Waals surface area contributed by atoms with Gasteiger partial charge in [-0.15, -0.1) is 0 Å². The van der Waals surface area contributed by atoms with Gasteiger partial charge in [0.1, 0.15) is 11.4 Å². The number of alkyl carbamates (subject to hydrolysis) is 1. The molecule has 2 fully saturated rings. The van der Waals surface area contributed by atoms with Gasteiger partial charge in [-0.25, -0.2) is 18.0 Å². The lowest BCUT2D eigenvalue weighted by molar-refractivity contribution is -0.153. The molecule has 29 heavy (non-hydrogen) atoms. The Morgan fingerprint density at radius 1 is 1.45 bits per heavy atom. The van der Waals surface area contributed by atoms with Gasteiger partial charge < -0.3 is 25.8 Å². The predicted molar refractivity (Wildman–Crippen MR) is 100 cm³/mol. The number of carboxylic acid groups (broad SMARTS) is 1. The first-order chi connectivity index (χ1) is 13.6. The van der Waals surface area contributed by atoms with E-state index in [9.17, 15) is 27.9 Å². The minimum Gasteiger partial charge on any atom is -0.480 e. The number of amides is 2. The molecule has 12 heteroatoms. The summed E-state index contributed by atoms with van der Waals surface area (Å²) in [6.45, 7) is 0.671. The third-order valence-electron chi connectivity index (χ3n) is 4.93. The molecule has 2 aliphatic rings. The van der Waals surface area contributed by atoms with Crippen molar-refractivity contribution >= 4 is 33.9 Å². The van der Waals surface area contributed by atoms with Gasteiger partial charge in [0.2, 0.25) is 0 Å². The Kier molecular flexibility index (Phi) is 5.32. The topological polar surface area (TPSA) is 169 Å². The highest BCUT2D eigenvalue weighted by Gasteiger charge is 2.72. The fourth-order valence-electron chi connectivity index (χ4n) is 3.45. The highest BCUT2D eigenvalue weighted by molar-refractivity contribution is 7.94. The Morgan fingerprint density at radius 3 is 2.76 bits per heavy atom. The second kappa shape index (κ2) is 7.44. The van der Waals surface area contributed by atoms with E-state index in [0.29, 0.717) is 5.69 Å². The number of fused-ring (bicyclic) bond motifs is 1. The summed E-state index contributed by atoms with van der Waals surface area (Å²) in [7, 11) is -4.24. The van der Waals surface area contributed by atoms with Crippen LogP contribution in [0.2, 0.25) is 0 Å². The second-order valence-corrected chi connectivity index (χ2v) is 9.28. The number of β-lactam (4-membered cyclic amide) rings is 1. The molecule has 1 aromatic heterocycles. The molecular weight excluding hydrogens is 404 g/mol. The van der Waals surface area contributed by atoms with Crippen LogP contribution in [0, 0.1) is 0 Å². The zero-order chi connectivity index (χ0) is 21.4. The van der Waals surface area contributed by atoms with Crippen LogP contribution in [0.15, 0.2) is 30.0 Å². The normalized spacial score (nSPS) is 28.6. The van der Waals surface area contributed by atoms with Crippen molar-refractivity contribution in [3.05, 3.63) is 35.7 Å². The highest BCUT2D eigenvalue weighted by Crippen LogP contribution is 2.49. The average Bonchev–Trinajstić information content (AvgIpc) is 2.85. The highest BCUT2D eigenvalue weighted by atomic mass is 32.2. The third kappa shape index (κ3) is 3.23. The lowest BCUT2D eigenvalue weighted by atomic mass is 9.94. The number of rotatable bonds is 6. The Morgan fingerprint density at radius 2 is 2.17 bits per heavy atom. The molecule has 2 unspecified atom stereocenters. The largest absolute Gasteiger partial charge is 0.480 e. The van der Waals surface area contributed by atoms with E-state index in [0.717, 1.165) is 11.8 Å². The fraction of sp³-hybridized carbons (Fsp3) is 0.412. The Hall–Kier alpha value is -2.99. The van der Waals surface area contributed by atoms with Crippen LogP contribution in [0.25, 0.3) is 6.08 Å². The maximum absolute atomic E-state index is 13.2. The van der Waals surface area contributed by atoms with Crippen molar-refractivity contribution in [3.8, 4) is 0 Å². The second-order valence-electron chi connectivity index (χ2n) is 6.81. The molecule has 2 amide bonds. The van der Waals surface area contributed by atoms with Crippen LogP contribution < -0.4 is 11.1 Å². The predicted octanol–water partition coefficient (Wildman–Crippen LogP) is -1.04. The molecule has 2 aliphatic heterocycles. The van der Waals surface area contributed by atoms with Crippen molar-refractivity contribution in [2.75, 3.05) is 19.7 Å². The zero-order valence-electron chi connectivity index (χ0n) is 15.4. The lowest BCUT2D eigenvalue weighted by Gasteiger charge is -2.37. The van der Waals surface area contributed by atoms with Crippen LogP contribution in [-0.4, -0.2) is 77.2 Å². The van der Waals surface area contributed by atoms with Gasteiger partial charge in [0, 0.05) is 19.3 Å². The van der Waals surface area contributed by atoms with Crippen LogP contribution in [0.1, 0.15) is 12.6 Å². The van der Waals surface area contributed by atoms with E-state index in [4.69, 9.17) is 10.5 Å². The monoisotopic (exact) mass is 424 g/mol. The van der Waals surface area contributed by atoms with Crippen LogP contribution >= 0.6 is 0 Å². The summed E-state index contributed by atoms with van der Waals surface area (Å²) in [5.41, 5.74) is 5.55. The molecule has 3 rings (SSSR count). The van der Waals surface area contributed by atoms with Gasteiger partial charge in [-0.3, -0.25) is 9.78 Å². The SMILES string of the molecule is CC1(COC(=O)NCCN)[C@H](C(=O)O)N2C(=O)/C(=C/c3ccccn3)C2S1(=O)=O. The maximum Gasteiger partial charge on any atom is 0.407 e. The number of hydrogen-bond acceptors (Lipinski definition) is 8. The molecule has 0 bridgehead atoms. The first-order valence-electron chi connectivity index (χ1n) is 8.67. The first kappa shape index (κ1) is 20.7. The summed E-state index contributed by atoms with van der Waals surface area (Å²) in [6.07, 6.45) is 1.87. The fourth-order valence-corrected chi connectivity index (χ4v) is 5.73. The molecule has 0 spiro atoms. The standard InChI is InChI=1S/C17H20N4O7S/c1-17(9-28-16(25)20-7-5-18)12(15(23)24)21-13(22)11(14(21)29(17,26)27)8-10-4-2-3-6-19-10/h2-4,6,8,12,14H,5,7,9,18H2,1H3,(H,20,25)(H,23,24)/b11-8-/t12-,14?,17?/m0/s1. The van der Waals surface area contributed by atoms with E-state index >= 15 is 0 Å². The molecule has 4 N–H and O–H groups in total. The first-order valence-corrected chi connectivity index (χ1v) is 10.2. The number of hydrogen-bond donors (Lipinski definition) is 3. The lowest BCUT2D eigenvalue weighted by Crippen LogP contribution is -2.59. The molecule has 2 saturated heterocycles. The number of carboxylic acids is 1. The van der Waals surface area contributed by atoms with Crippen molar-refractivity contribution in [2.24, 2.45) is 5.73 Å². The van der Waals surface area contributed by atoms with Crippen molar-refractivity contribution in [1.82, 2.24) is 15.2 Å². The zero-order valence-corrected chi connectivity index (χ0v) is 16.3. The van der Waals surface area contributed by atoms with E-state index in [1.807, 2.05) is 0 Å². The molecule has 11 nitrogen and oxygen atoms in total. The van der Waals surface area contributed by atoms with Crippen molar-refractivity contribution in [1.29, 1.82) is 0 Å². The number of carbonyl (C=O) groups excluding carboxylic acids is 2. The number of nitrogens with one attached hydrogen (secondary N) is 1. The van der Waals surface area contributed by atoms with Gasteiger partial charge in [0.15, 0.2) is 21.3 Å². The van der Waals surface area contributed by atoms with E-state index in [1.165, 1.54) is 12.3 Å². The average molecular weight is 424 g/mol. The van der Waals surface area contributed by atoms with E-state index in [-0.39, 0.29) is 18.7 Å². The summed E-state index contributed by atoms with van der Waals surface area (Å²) in [5.74, 6) is -2.22. The Labute approximate surface area is 166 Å². The molecule has 0 aliphatic carbocycles. The molecule has 0 saturated carbocycles. The van der Waals surface area contributed by atoms with E-state index in [2.05, 4.69) is 10.3 Å². The molecular formula is C17H20N4O7S. The molecule has 156 valence electrons. The Balaban J connectivity index is 1.95. The summed E-state index contributed by atoms with van der Waals surface area (Å²) in [4.78, 5) is 41.0. The van der Waals surface area contributed by atoms with Gasteiger partial charge in [0.25, 0.3) is 5.91 Å². The van der Waals surface area contributed by atoms with Crippen LogP contribution in [0.3, 0.4) is 0 Å². The summed E-state index contributed by atoms with van der Waals surface area (Å²) in [5, 5.41) is 10.5. The number of aliphatic carboxylic acids is 1. The van der Waals surface area contributed by atoms with Crippen LogP contribution in [0.4, 0.5) is 4.79 Å². The number of carbonyl (C=O) groups is 3. The molecule has 3 atom stereocenters. The van der Waals surface area contributed by atoms with Gasteiger partial charge in [-0.05, 0) is 25.1 Å². The molecule has 0 aromatic carbocycles. The molecule has 1 aromatic rings. The van der Waals surface area contributed by atoms with Crippen LogP contribution in [0.5, 0.6) is 0 Å². The quantitative estimate of drug-likeness (QED) is 0.381. The maximum atomic E-state index is 13.2. The smallest absolute Gasteiger partial charge is 0.407 e. The molecule has 3 heterocycles. The summed E-state index contributed by atoms with van der Waals surface area (Å²) in [6, 6.07) is 3.21. The number of nitrogens with two attached hydrogens (primary N) is 1. The third-order valence-corrected chi connectivity index (χ3v) is 7.64. The van der Waals surface area contributed by atoms with Gasteiger partial charge >= 0.3 is 12.1 Å². The van der Waals surface area contributed by atoms with Crippen molar-refractivity contribution < 1.29 is 32.6 Å². The van der Waals surface area contributed by atoms with Gasteiger partial charge in [-0.1, -0.05) is 6.07 Å². The summed E-state index contributed by atoms with van der Waals surface area (Å²) < 4.78 is 29.3. The van der Waals surface area contributed by atoms with Gasteiger partial charge in [-0.2, -0.15) is 0 Å². The van der Waals surface area contributed by atoms with E-state index in [1.54, 1.807) is 18.2 Å². The van der Waals surface area contributed by atoms with E-state index < -0.39 is 50.6 Å². The van der Waals surface area contributed by atoms with Crippen molar-refractivity contribution in [2.45, 2.75) is 23.1 Å². The summed E-state index contributed by atoms with van der Waals surface area (Å²) >= 11 is 0. The minimum atomic E-state index is -4.24. The van der Waals surface area contributed by atoms with Gasteiger partial charge in [0.05, 0.1) is 11.3 Å². The minimum absolute atomic E-state index is 0.0775. The number of nitrogens with zero attached hydrogens (tertiary/aromatic N) is 2. The number of sulfone groups is 1. The van der Waals surface area contributed by atoms with Crippen LogP contribution in [-0.2, 0) is 24.2 Å². The number of ether oxygens (including phenoxy) is 1. The van der Waals surface area contributed by atoms with Crippen molar-refractivity contribution in [3.63, 3.8) is 0 Å². The number of aromatic nitrogens is 1. The number of pyridine rings is 1. The Bertz CT molecular complexity index is 979. The molecule has 0 radical (unpaired) electrons.